The molecule has 0 unspecified atom stereocenters. The Morgan fingerprint density at radius 2 is 1.53 bits per heavy atom. The van der Waals surface area contributed by atoms with Crippen LogP contribution in [0, 0.1) is 11.7 Å². The number of nitrogens with one attached hydrogen (secondary N) is 1. The van der Waals surface area contributed by atoms with Crippen molar-refractivity contribution < 1.29 is 28.2 Å². The molecule has 4 aromatic rings. The van der Waals surface area contributed by atoms with Crippen LogP contribution in [0.25, 0.3) is 6.08 Å². The lowest BCUT2D eigenvalue weighted by Crippen LogP contribution is -2.49. The van der Waals surface area contributed by atoms with E-state index in [0.29, 0.717) is 22.7 Å². The van der Waals surface area contributed by atoms with Crippen molar-refractivity contribution in [3.8, 4) is 11.5 Å². The number of fused-ring (bicyclic) bond motifs is 6. The minimum Gasteiger partial charge on any atom is -0.493 e. The average Bonchev–Trinajstić information content (AvgIpc) is 3.52. The highest BCUT2D eigenvalue weighted by Crippen LogP contribution is 2.62. The molecule has 4 atom stereocenters. The van der Waals surface area contributed by atoms with Gasteiger partial charge in [0.05, 0.1) is 26.2 Å². The second-order valence-corrected chi connectivity index (χ2v) is 10.9. The number of methoxy groups -OCH3 is 2. The fraction of sp³-hybridized carbons (Fsp3) is 0.171. The van der Waals surface area contributed by atoms with Crippen LogP contribution in [-0.2, 0) is 10.2 Å². The molecule has 3 aliphatic heterocycles. The van der Waals surface area contributed by atoms with Gasteiger partial charge in [-0.1, -0.05) is 42.5 Å². The molecule has 3 aliphatic rings. The predicted molar refractivity (Wildman–Crippen MR) is 159 cm³/mol. The van der Waals surface area contributed by atoms with Crippen LogP contribution in [0.15, 0.2) is 97.2 Å². The zero-order valence-electron chi connectivity index (χ0n) is 23.4. The number of carbonyl (C=O) groups is 3. The first-order valence-corrected chi connectivity index (χ1v) is 13.9. The molecular weight excluding hydrogens is 547 g/mol. The number of hydrogen-bond acceptors (Lipinski definition) is 6. The third-order valence-electron chi connectivity index (χ3n) is 8.92. The Labute approximate surface area is 247 Å². The Bertz CT molecular complexity index is 1830. The maximum Gasteiger partial charge on any atom is 0.238 e. The van der Waals surface area contributed by atoms with Crippen LogP contribution in [0.2, 0.25) is 0 Å². The minimum absolute atomic E-state index is 0.242. The average molecular weight is 575 g/mol. The molecule has 1 N–H and O–H groups in total. The van der Waals surface area contributed by atoms with Gasteiger partial charge in [-0.15, -0.1) is 0 Å². The Morgan fingerprint density at radius 1 is 0.837 bits per heavy atom. The van der Waals surface area contributed by atoms with Crippen molar-refractivity contribution in [1.29, 1.82) is 0 Å². The molecule has 3 heterocycles. The normalized spacial score (nSPS) is 22.9. The molecule has 214 valence electrons. The summed E-state index contributed by atoms with van der Waals surface area (Å²) in [5, 5.41) is 3.03. The van der Waals surface area contributed by atoms with Crippen LogP contribution in [0.3, 0.4) is 0 Å². The molecule has 4 aromatic carbocycles. The number of benzene rings is 4. The second-order valence-electron chi connectivity index (χ2n) is 10.9. The lowest BCUT2D eigenvalue weighted by atomic mass is 9.62. The first-order chi connectivity index (χ1) is 20.9. The lowest BCUT2D eigenvalue weighted by molar-refractivity contribution is -0.122. The van der Waals surface area contributed by atoms with Crippen molar-refractivity contribution in [2.45, 2.75) is 17.5 Å². The van der Waals surface area contributed by atoms with Gasteiger partial charge in [0.1, 0.15) is 17.3 Å². The molecule has 1 fully saturated rings. The number of ketones is 2. The summed E-state index contributed by atoms with van der Waals surface area (Å²) in [7, 11) is 2.98. The van der Waals surface area contributed by atoms with E-state index >= 15 is 0 Å². The largest absolute Gasteiger partial charge is 0.493 e. The minimum atomic E-state index is -1.47. The van der Waals surface area contributed by atoms with Crippen molar-refractivity contribution in [3.63, 3.8) is 0 Å². The quantitative estimate of drug-likeness (QED) is 0.292. The van der Waals surface area contributed by atoms with Crippen LogP contribution >= 0.6 is 0 Å². The van der Waals surface area contributed by atoms with E-state index < -0.39 is 35.0 Å². The fourth-order valence-corrected chi connectivity index (χ4v) is 7.12. The van der Waals surface area contributed by atoms with Gasteiger partial charge in [-0.3, -0.25) is 14.4 Å². The molecule has 0 saturated carbocycles. The summed E-state index contributed by atoms with van der Waals surface area (Å²) in [5.74, 6) is -1.99. The molecule has 0 radical (unpaired) electrons. The van der Waals surface area contributed by atoms with E-state index in [1.54, 1.807) is 24.4 Å². The number of rotatable bonds is 6. The van der Waals surface area contributed by atoms with Crippen molar-refractivity contribution in [2.24, 2.45) is 5.92 Å². The Hall–Kier alpha value is -5.24. The summed E-state index contributed by atoms with van der Waals surface area (Å²) in [5.41, 5.74) is 2.01. The van der Waals surface area contributed by atoms with E-state index in [9.17, 15) is 18.8 Å². The lowest BCUT2D eigenvalue weighted by Gasteiger charge is -2.38. The summed E-state index contributed by atoms with van der Waals surface area (Å²) < 4.78 is 24.8. The molecule has 8 heteroatoms. The second kappa shape index (κ2) is 9.94. The van der Waals surface area contributed by atoms with Gasteiger partial charge in [0.25, 0.3) is 0 Å². The summed E-state index contributed by atoms with van der Waals surface area (Å²) in [6.07, 6.45) is 3.70. The number of anilines is 1. The zero-order chi connectivity index (χ0) is 29.9. The van der Waals surface area contributed by atoms with Crippen molar-refractivity contribution in [2.75, 3.05) is 19.5 Å². The molecule has 0 aliphatic carbocycles. The number of para-hydroxylation sites is 1. The first-order valence-electron chi connectivity index (χ1n) is 13.9. The van der Waals surface area contributed by atoms with Crippen LogP contribution in [0.4, 0.5) is 10.1 Å². The topological polar surface area (TPSA) is 84.9 Å². The Balaban J connectivity index is 1.52. The van der Waals surface area contributed by atoms with Gasteiger partial charge in [0, 0.05) is 23.0 Å². The number of amides is 1. The fourth-order valence-electron chi connectivity index (χ4n) is 7.12. The van der Waals surface area contributed by atoms with Gasteiger partial charge < -0.3 is 19.7 Å². The SMILES string of the molecule is COc1ccc(C(=O)[C@H]2[C@H](C(=O)c3ccc(F)cc3)N3C=Cc4ccccc4[C@@H]3[C@]23C(=O)Nc2ccccc23)cc1OC. The predicted octanol–water partition coefficient (Wildman–Crippen LogP) is 5.82. The highest BCUT2D eigenvalue weighted by molar-refractivity contribution is 6.16. The van der Waals surface area contributed by atoms with Crippen LogP contribution < -0.4 is 14.8 Å². The van der Waals surface area contributed by atoms with Gasteiger partial charge in [-0.05, 0) is 71.3 Å². The molecule has 1 saturated heterocycles. The maximum absolute atomic E-state index is 14.9. The van der Waals surface area contributed by atoms with Crippen molar-refractivity contribution >= 4 is 29.2 Å². The molecule has 0 bridgehead atoms. The number of Topliss-reactive ketones (excluding diaryl/α,β-unsaturated/α-hetero) is 2. The van der Waals surface area contributed by atoms with Gasteiger partial charge in [-0.25, -0.2) is 4.39 Å². The van der Waals surface area contributed by atoms with E-state index in [4.69, 9.17) is 9.47 Å². The third-order valence-corrected chi connectivity index (χ3v) is 8.92. The van der Waals surface area contributed by atoms with Crippen LogP contribution in [-0.4, -0.2) is 42.6 Å². The molecule has 7 nitrogen and oxygen atoms in total. The number of hydrogen-bond donors (Lipinski definition) is 1. The number of ether oxygens (including phenoxy) is 2. The zero-order valence-corrected chi connectivity index (χ0v) is 23.4. The number of nitrogens with zero attached hydrogens (tertiary/aromatic N) is 1. The smallest absolute Gasteiger partial charge is 0.238 e. The van der Waals surface area contributed by atoms with Gasteiger partial charge >= 0.3 is 0 Å². The summed E-state index contributed by atoms with van der Waals surface area (Å²) >= 11 is 0. The molecule has 43 heavy (non-hydrogen) atoms. The van der Waals surface area contributed by atoms with Gasteiger partial charge in [-0.2, -0.15) is 0 Å². The van der Waals surface area contributed by atoms with Crippen LogP contribution in [0.5, 0.6) is 11.5 Å². The number of halogens is 1. The Morgan fingerprint density at radius 3 is 2.30 bits per heavy atom. The number of carbonyl (C=O) groups excluding carboxylic acids is 3. The highest BCUT2D eigenvalue weighted by atomic mass is 19.1. The van der Waals surface area contributed by atoms with Crippen molar-refractivity contribution in [1.82, 2.24) is 4.90 Å². The van der Waals surface area contributed by atoms with E-state index in [0.717, 1.165) is 11.1 Å². The molecule has 7 rings (SSSR count). The standard InChI is InChI=1S/C35H27FN2O5/c1-42-27-16-13-22(19-28(27)43-2)31(39)29-30(32(40)21-11-14-23(36)15-12-21)38-18-17-20-7-3-4-8-24(20)33(38)35(29)25-9-5-6-10-26(25)37-34(35)41/h3-19,29-30,33H,1-2H3,(H,37,41)/t29-,30-,33-,35-/m1/s1. The summed E-state index contributed by atoms with van der Waals surface area (Å²) in [6, 6.07) is 23.4. The Kier molecular flexibility index (Phi) is 6.16. The highest BCUT2D eigenvalue weighted by Gasteiger charge is 2.70. The maximum atomic E-state index is 14.9. The van der Waals surface area contributed by atoms with Gasteiger partial charge in [0.15, 0.2) is 23.1 Å². The summed E-state index contributed by atoms with van der Waals surface area (Å²) in [4.78, 5) is 45.8. The molecular formula is C35H27FN2O5. The van der Waals surface area contributed by atoms with Crippen LogP contribution in [0.1, 0.15) is 43.4 Å². The summed E-state index contributed by atoms with van der Waals surface area (Å²) in [6.45, 7) is 0. The third kappa shape index (κ3) is 3.75. The van der Waals surface area contributed by atoms with E-state index in [-0.39, 0.29) is 22.8 Å². The van der Waals surface area contributed by atoms with E-state index in [1.165, 1.54) is 38.5 Å². The van der Waals surface area contributed by atoms with E-state index in [2.05, 4.69) is 5.32 Å². The van der Waals surface area contributed by atoms with Crippen molar-refractivity contribution in [3.05, 3.63) is 131 Å². The molecule has 1 amide bonds. The molecule has 1 spiro atoms. The molecule has 0 aromatic heterocycles. The monoisotopic (exact) mass is 574 g/mol. The van der Waals surface area contributed by atoms with E-state index in [1.807, 2.05) is 59.5 Å². The first kappa shape index (κ1) is 26.6. The van der Waals surface area contributed by atoms with Gasteiger partial charge in [0.2, 0.25) is 5.91 Å².